The van der Waals surface area contributed by atoms with E-state index in [0.29, 0.717) is 5.56 Å². The van der Waals surface area contributed by atoms with Crippen LogP contribution in [0.4, 0.5) is 13.6 Å². The number of halogens is 2. The van der Waals surface area contributed by atoms with Crippen molar-refractivity contribution in [1.82, 2.24) is 10.2 Å². The smallest absolute Gasteiger partial charge is 0.335 e. The van der Waals surface area contributed by atoms with Gasteiger partial charge >= 0.3 is 12.0 Å². The molecule has 1 aromatic rings. The second-order valence-corrected chi connectivity index (χ2v) is 3.93. The molecule has 0 aliphatic carbocycles. The van der Waals surface area contributed by atoms with Gasteiger partial charge in [-0.3, -0.25) is 0 Å². The van der Waals surface area contributed by atoms with Crippen LogP contribution in [0.25, 0.3) is 0 Å². The Morgan fingerprint density at radius 3 is 2.37 bits per heavy atom. The normalized spacial score (nSPS) is 10.3. The summed E-state index contributed by atoms with van der Waals surface area (Å²) in [7, 11) is 1.27. The van der Waals surface area contributed by atoms with E-state index in [-0.39, 0.29) is 12.1 Å². The Morgan fingerprint density at radius 1 is 1.32 bits per heavy atom. The van der Waals surface area contributed by atoms with Crippen molar-refractivity contribution in [3.05, 3.63) is 35.4 Å². The summed E-state index contributed by atoms with van der Waals surface area (Å²) in [6, 6.07) is 5.31. The van der Waals surface area contributed by atoms with E-state index in [1.54, 1.807) is 12.1 Å². The van der Waals surface area contributed by atoms with Crippen molar-refractivity contribution in [2.45, 2.75) is 13.0 Å². The molecule has 0 fully saturated rings. The zero-order valence-corrected chi connectivity index (χ0v) is 10.3. The lowest BCUT2D eigenvalue weighted by Crippen LogP contribution is -2.39. The molecule has 1 aromatic carbocycles. The Labute approximate surface area is 108 Å². The van der Waals surface area contributed by atoms with Crippen LogP contribution in [-0.2, 0) is 6.54 Å². The van der Waals surface area contributed by atoms with Crippen LogP contribution < -0.4 is 5.32 Å². The fourth-order valence-corrected chi connectivity index (χ4v) is 1.37. The lowest BCUT2D eigenvalue weighted by atomic mass is 10.1. The van der Waals surface area contributed by atoms with Crippen LogP contribution in [0.2, 0.25) is 0 Å². The first-order chi connectivity index (χ1) is 8.90. The average Bonchev–Trinajstić information content (AvgIpc) is 2.35. The fraction of sp³-hybridized carbons (Fsp3) is 0.333. The summed E-state index contributed by atoms with van der Waals surface area (Å²) in [5.74, 6) is -1.03. The Balaban J connectivity index is 2.48. The molecule has 0 bridgehead atoms. The van der Waals surface area contributed by atoms with Gasteiger partial charge in [0.25, 0.3) is 6.43 Å². The number of hydrogen-bond acceptors (Lipinski definition) is 2. The maximum absolute atomic E-state index is 12.1. The topological polar surface area (TPSA) is 69.6 Å². The minimum absolute atomic E-state index is 0.143. The van der Waals surface area contributed by atoms with Crippen LogP contribution in [0, 0.1) is 0 Å². The summed E-state index contributed by atoms with van der Waals surface area (Å²) >= 11 is 0. The minimum atomic E-state index is -2.58. The molecule has 0 aromatic heterocycles. The number of hydrogen-bond donors (Lipinski definition) is 2. The highest BCUT2D eigenvalue weighted by atomic mass is 19.3. The number of carboxylic acids is 1. The minimum Gasteiger partial charge on any atom is -0.478 e. The van der Waals surface area contributed by atoms with E-state index in [1.165, 1.54) is 19.2 Å². The number of carbonyl (C=O) groups is 2. The first kappa shape index (κ1) is 14.9. The van der Waals surface area contributed by atoms with E-state index in [4.69, 9.17) is 5.11 Å². The fourth-order valence-electron chi connectivity index (χ4n) is 1.37. The maximum atomic E-state index is 12.1. The van der Waals surface area contributed by atoms with Crippen molar-refractivity contribution in [2.24, 2.45) is 0 Å². The lowest BCUT2D eigenvalue weighted by molar-refractivity contribution is 0.0697. The number of aromatic carboxylic acids is 1. The first-order valence-corrected chi connectivity index (χ1v) is 5.49. The average molecular weight is 272 g/mol. The van der Waals surface area contributed by atoms with Crippen LogP contribution in [0.3, 0.4) is 0 Å². The highest BCUT2D eigenvalue weighted by Crippen LogP contribution is 2.04. The van der Waals surface area contributed by atoms with Gasteiger partial charge in [-0.1, -0.05) is 12.1 Å². The van der Waals surface area contributed by atoms with Gasteiger partial charge in [0.15, 0.2) is 0 Å². The Kier molecular flexibility index (Phi) is 5.23. The highest BCUT2D eigenvalue weighted by Gasteiger charge is 2.13. The van der Waals surface area contributed by atoms with Crippen LogP contribution in [0.1, 0.15) is 15.9 Å². The van der Waals surface area contributed by atoms with Gasteiger partial charge in [0.2, 0.25) is 0 Å². The molecular formula is C12H14F2N2O3. The van der Waals surface area contributed by atoms with Gasteiger partial charge in [-0.05, 0) is 17.7 Å². The molecule has 0 atom stereocenters. The first-order valence-electron chi connectivity index (χ1n) is 5.49. The molecule has 2 amide bonds. The lowest BCUT2D eigenvalue weighted by Gasteiger charge is -2.17. The Hall–Kier alpha value is -2.18. The molecule has 0 heterocycles. The number of urea groups is 1. The number of rotatable bonds is 5. The molecule has 0 saturated carbocycles. The second kappa shape index (κ2) is 6.67. The summed E-state index contributed by atoms with van der Waals surface area (Å²) in [6.45, 7) is -0.490. The van der Waals surface area contributed by atoms with E-state index >= 15 is 0 Å². The summed E-state index contributed by atoms with van der Waals surface area (Å²) in [6.07, 6.45) is -2.58. The number of benzene rings is 1. The number of nitrogens with one attached hydrogen (secondary N) is 1. The molecule has 0 saturated heterocycles. The molecule has 1 rings (SSSR count). The standard InChI is InChI=1S/C12H14F2N2O3/c1-16(7-10(13)14)12(19)15-6-8-2-4-9(5-3-8)11(17)18/h2-5,10H,6-7H2,1H3,(H,15,19)(H,17,18). The maximum Gasteiger partial charge on any atom is 0.335 e. The number of alkyl halides is 2. The second-order valence-electron chi connectivity index (χ2n) is 3.93. The van der Waals surface area contributed by atoms with Crippen LogP contribution >= 0.6 is 0 Å². The molecule has 2 N–H and O–H groups in total. The van der Waals surface area contributed by atoms with E-state index < -0.39 is 25.0 Å². The number of nitrogens with zero attached hydrogens (tertiary/aromatic N) is 1. The highest BCUT2D eigenvalue weighted by molar-refractivity contribution is 5.87. The predicted octanol–water partition coefficient (Wildman–Crippen LogP) is 1.79. The Bertz CT molecular complexity index is 449. The molecule has 0 radical (unpaired) electrons. The van der Waals surface area contributed by atoms with Gasteiger partial charge in [-0.15, -0.1) is 0 Å². The van der Waals surface area contributed by atoms with Crippen molar-refractivity contribution in [1.29, 1.82) is 0 Å². The zero-order chi connectivity index (χ0) is 14.4. The zero-order valence-electron chi connectivity index (χ0n) is 10.3. The molecule has 19 heavy (non-hydrogen) atoms. The molecule has 0 spiro atoms. The molecule has 104 valence electrons. The quantitative estimate of drug-likeness (QED) is 0.858. The van der Waals surface area contributed by atoms with Crippen LogP contribution in [0.5, 0.6) is 0 Å². The molecule has 0 unspecified atom stereocenters. The third-order valence-electron chi connectivity index (χ3n) is 2.40. The SMILES string of the molecule is CN(CC(F)F)C(=O)NCc1ccc(C(=O)O)cc1. The van der Waals surface area contributed by atoms with E-state index in [9.17, 15) is 18.4 Å². The summed E-state index contributed by atoms with van der Waals surface area (Å²) in [4.78, 5) is 22.9. The van der Waals surface area contributed by atoms with Gasteiger partial charge < -0.3 is 15.3 Å². The molecule has 0 aliphatic rings. The largest absolute Gasteiger partial charge is 0.478 e. The van der Waals surface area contributed by atoms with Crippen molar-refractivity contribution < 1.29 is 23.5 Å². The van der Waals surface area contributed by atoms with Crippen molar-refractivity contribution in [2.75, 3.05) is 13.6 Å². The summed E-state index contributed by atoms with van der Waals surface area (Å²) in [5.41, 5.74) is 0.827. The van der Waals surface area contributed by atoms with Gasteiger partial charge in [0, 0.05) is 13.6 Å². The van der Waals surface area contributed by atoms with E-state index in [0.717, 1.165) is 4.90 Å². The van der Waals surface area contributed by atoms with Crippen LogP contribution in [0.15, 0.2) is 24.3 Å². The third-order valence-corrected chi connectivity index (χ3v) is 2.40. The number of carboxylic acid groups (broad SMARTS) is 1. The van der Waals surface area contributed by atoms with Gasteiger partial charge in [0.1, 0.15) is 0 Å². The molecule has 5 nitrogen and oxygen atoms in total. The van der Waals surface area contributed by atoms with Crippen molar-refractivity contribution in [3.8, 4) is 0 Å². The summed E-state index contributed by atoms with van der Waals surface area (Å²) in [5, 5.41) is 11.2. The predicted molar refractivity (Wildman–Crippen MR) is 64.3 cm³/mol. The molecular weight excluding hydrogens is 258 g/mol. The molecule has 7 heteroatoms. The van der Waals surface area contributed by atoms with E-state index in [2.05, 4.69) is 5.32 Å². The van der Waals surface area contributed by atoms with E-state index in [1.807, 2.05) is 0 Å². The van der Waals surface area contributed by atoms with Gasteiger partial charge in [0.05, 0.1) is 12.1 Å². The van der Waals surface area contributed by atoms with Crippen molar-refractivity contribution >= 4 is 12.0 Å². The number of amides is 2. The van der Waals surface area contributed by atoms with Crippen LogP contribution in [-0.4, -0.2) is 42.0 Å². The Morgan fingerprint density at radius 2 is 1.89 bits per heavy atom. The number of carbonyl (C=O) groups excluding carboxylic acids is 1. The molecule has 0 aliphatic heterocycles. The van der Waals surface area contributed by atoms with Crippen molar-refractivity contribution in [3.63, 3.8) is 0 Å². The third kappa shape index (κ3) is 4.90. The summed E-state index contributed by atoms with van der Waals surface area (Å²) < 4.78 is 24.1. The van der Waals surface area contributed by atoms with Gasteiger partial charge in [-0.2, -0.15) is 0 Å². The van der Waals surface area contributed by atoms with Gasteiger partial charge in [-0.25, -0.2) is 18.4 Å². The monoisotopic (exact) mass is 272 g/mol.